The van der Waals surface area contributed by atoms with E-state index >= 15 is 0 Å². The number of rotatable bonds is 6. The minimum atomic E-state index is -3.66. The van der Waals surface area contributed by atoms with Gasteiger partial charge in [0.2, 0.25) is 10.0 Å². The average molecular weight is 363 g/mol. The normalized spacial score (nSPS) is 16.1. The molecule has 0 aromatic heterocycles. The van der Waals surface area contributed by atoms with E-state index in [0.717, 1.165) is 32.2 Å². The highest BCUT2D eigenvalue weighted by molar-refractivity contribution is 7.89. The molecule has 134 valence electrons. The van der Waals surface area contributed by atoms with Crippen LogP contribution in [0.25, 0.3) is 0 Å². The number of piperazine rings is 1. The number of benzene rings is 2. The lowest BCUT2D eigenvalue weighted by molar-refractivity contribution is 0.262. The number of anilines is 1. The summed E-state index contributed by atoms with van der Waals surface area (Å²) >= 11 is 0. The first kappa shape index (κ1) is 17.8. The van der Waals surface area contributed by atoms with E-state index in [0.29, 0.717) is 13.1 Å². The molecule has 0 bridgehead atoms. The van der Waals surface area contributed by atoms with E-state index in [1.54, 1.807) is 0 Å². The van der Waals surface area contributed by atoms with Gasteiger partial charge >= 0.3 is 0 Å². The Labute approximate surface area is 148 Å². The van der Waals surface area contributed by atoms with Crippen LogP contribution in [0.15, 0.2) is 59.5 Å². The zero-order valence-electron chi connectivity index (χ0n) is 13.9. The van der Waals surface area contributed by atoms with Crippen LogP contribution < -0.4 is 9.62 Å². The molecule has 0 aliphatic carbocycles. The van der Waals surface area contributed by atoms with Crippen molar-refractivity contribution in [2.24, 2.45) is 0 Å². The second kappa shape index (κ2) is 7.95. The number of hydrogen-bond donors (Lipinski definition) is 1. The summed E-state index contributed by atoms with van der Waals surface area (Å²) in [7, 11) is -3.66. The summed E-state index contributed by atoms with van der Waals surface area (Å²) in [5, 5.41) is 0. The highest BCUT2D eigenvalue weighted by Gasteiger charge is 2.18. The Morgan fingerprint density at radius 2 is 1.68 bits per heavy atom. The minimum Gasteiger partial charge on any atom is -0.369 e. The first-order chi connectivity index (χ1) is 12.0. The van der Waals surface area contributed by atoms with Crippen molar-refractivity contribution in [2.75, 3.05) is 44.2 Å². The average Bonchev–Trinajstić information content (AvgIpc) is 2.63. The van der Waals surface area contributed by atoms with Crippen molar-refractivity contribution in [1.82, 2.24) is 9.62 Å². The van der Waals surface area contributed by atoms with Gasteiger partial charge in [-0.15, -0.1) is 0 Å². The maximum atomic E-state index is 13.2. The molecular weight excluding hydrogens is 341 g/mol. The minimum absolute atomic E-state index is 0.0404. The molecule has 2 aromatic carbocycles. The molecule has 3 rings (SSSR count). The van der Waals surface area contributed by atoms with E-state index in [4.69, 9.17) is 0 Å². The van der Waals surface area contributed by atoms with Gasteiger partial charge in [-0.2, -0.15) is 0 Å². The molecule has 1 fully saturated rings. The Kier molecular flexibility index (Phi) is 5.67. The number of nitrogens with zero attached hydrogens (tertiary/aromatic N) is 2. The molecule has 1 heterocycles. The lowest BCUT2D eigenvalue weighted by Crippen LogP contribution is -2.48. The maximum absolute atomic E-state index is 13.2. The van der Waals surface area contributed by atoms with Gasteiger partial charge in [0, 0.05) is 45.0 Å². The number of para-hydroxylation sites is 1. The molecule has 0 radical (unpaired) electrons. The fourth-order valence-electron chi connectivity index (χ4n) is 2.92. The zero-order valence-corrected chi connectivity index (χ0v) is 14.8. The molecule has 1 N–H and O–H groups in total. The third kappa shape index (κ3) is 4.78. The Morgan fingerprint density at radius 1 is 0.960 bits per heavy atom. The Balaban J connectivity index is 1.46. The standard InChI is InChI=1S/C18H22FN3O2S/c19-16-5-4-8-18(15-16)25(23,24)20-9-10-21-11-13-22(14-12-21)17-6-2-1-3-7-17/h1-8,15,20H,9-14H2. The molecule has 0 unspecified atom stereocenters. The topological polar surface area (TPSA) is 52.7 Å². The first-order valence-electron chi connectivity index (χ1n) is 8.32. The summed E-state index contributed by atoms with van der Waals surface area (Å²) in [5.74, 6) is -0.556. The molecule has 1 saturated heterocycles. The summed E-state index contributed by atoms with van der Waals surface area (Å²) in [6.07, 6.45) is 0. The van der Waals surface area contributed by atoms with Crippen molar-refractivity contribution in [3.8, 4) is 0 Å². The van der Waals surface area contributed by atoms with Crippen LogP contribution in [0.3, 0.4) is 0 Å². The van der Waals surface area contributed by atoms with Crippen LogP contribution in [0.2, 0.25) is 0 Å². The lowest BCUT2D eigenvalue weighted by Gasteiger charge is -2.36. The van der Waals surface area contributed by atoms with Crippen LogP contribution in [0.5, 0.6) is 0 Å². The fraction of sp³-hybridized carbons (Fsp3) is 0.333. The van der Waals surface area contributed by atoms with Crippen molar-refractivity contribution in [1.29, 1.82) is 0 Å². The second-order valence-corrected chi connectivity index (χ2v) is 7.79. The predicted octanol–water partition coefficient (Wildman–Crippen LogP) is 1.93. The van der Waals surface area contributed by atoms with Gasteiger partial charge < -0.3 is 4.90 Å². The maximum Gasteiger partial charge on any atom is 0.240 e. The summed E-state index contributed by atoms with van der Waals surface area (Å²) in [4.78, 5) is 4.52. The van der Waals surface area contributed by atoms with E-state index < -0.39 is 15.8 Å². The Bertz CT molecular complexity index is 791. The van der Waals surface area contributed by atoms with Gasteiger partial charge in [-0.25, -0.2) is 17.5 Å². The molecule has 0 atom stereocenters. The molecule has 1 aliphatic heterocycles. The zero-order chi connectivity index (χ0) is 17.7. The lowest BCUT2D eigenvalue weighted by atomic mass is 10.2. The van der Waals surface area contributed by atoms with Crippen LogP contribution in [0.1, 0.15) is 0 Å². The van der Waals surface area contributed by atoms with E-state index in [-0.39, 0.29) is 4.90 Å². The van der Waals surface area contributed by atoms with Crippen molar-refractivity contribution < 1.29 is 12.8 Å². The largest absolute Gasteiger partial charge is 0.369 e. The Morgan fingerprint density at radius 3 is 2.36 bits per heavy atom. The number of halogens is 1. The molecular formula is C18H22FN3O2S. The van der Waals surface area contributed by atoms with Gasteiger partial charge in [-0.3, -0.25) is 4.90 Å². The number of sulfonamides is 1. The highest BCUT2D eigenvalue weighted by atomic mass is 32.2. The van der Waals surface area contributed by atoms with Crippen LogP contribution >= 0.6 is 0 Å². The van der Waals surface area contributed by atoms with E-state index in [2.05, 4.69) is 26.7 Å². The molecule has 5 nitrogen and oxygen atoms in total. The monoisotopic (exact) mass is 363 g/mol. The number of hydrogen-bond acceptors (Lipinski definition) is 4. The summed E-state index contributed by atoms with van der Waals surface area (Å²) in [6.45, 7) is 4.55. The van der Waals surface area contributed by atoms with Crippen molar-refractivity contribution in [3.63, 3.8) is 0 Å². The molecule has 2 aromatic rings. The third-order valence-corrected chi connectivity index (χ3v) is 5.78. The summed E-state index contributed by atoms with van der Waals surface area (Å²) < 4.78 is 40.0. The summed E-state index contributed by atoms with van der Waals surface area (Å²) in [6, 6.07) is 15.3. The van der Waals surface area contributed by atoms with Gasteiger partial charge in [-0.1, -0.05) is 24.3 Å². The van der Waals surface area contributed by atoms with Crippen LogP contribution in [-0.2, 0) is 10.0 Å². The van der Waals surface area contributed by atoms with Crippen molar-refractivity contribution in [2.45, 2.75) is 4.90 Å². The molecule has 1 aliphatic rings. The predicted molar refractivity (Wildman–Crippen MR) is 96.7 cm³/mol. The third-order valence-electron chi connectivity index (χ3n) is 4.32. The molecule has 0 saturated carbocycles. The SMILES string of the molecule is O=S(=O)(NCCN1CCN(c2ccccc2)CC1)c1cccc(F)c1. The smallest absolute Gasteiger partial charge is 0.240 e. The van der Waals surface area contributed by atoms with E-state index in [1.165, 1.54) is 23.9 Å². The van der Waals surface area contributed by atoms with E-state index in [9.17, 15) is 12.8 Å². The van der Waals surface area contributed by atoms with Gasteiger partial charge in [0.05, 0.1) is 4.90 Å². The quantitative estimate of drug-likeness (QED) is 0.852. The van der Waals surface area contributed by atoms with E-state index in [1.807, 2.05) is 18.2 Å². The fourth-order valence-corrected chi connectivity index (χ4v) is 3.98. The van der Waals surface area contributed by atoms with Crippen LogP contribution in [0, 0.1) is 5.82 Å². The molecule has 0 spiro atoms. The number of nitrogens with one attached hydrogen (secondary N) is 1. The van der Waals surface area contributed by atoms with Gasteiger partial charge in [0.15, 0.2) is 0 Å². The highest BCUT2D eigenvalue weighted by Crippen LogP contribution is 2.15. The van der Waals surface area contributed by atoms with Crippen molar-refractivity contribution in [3.05, 3.63) is 60.4 Å². The van der Waals surface area contributed by atoms with Gasteiger partial charge in [0.1, 0.15) is 5.82 Å². The molecule has 7 heteroatoms. The first-order valence-corrected chi connectivity index (χ1v) is 9.80. The Hall–Kier alpha value is -1.96. The van der Waals surface area contributed by atoms with Crippen LogP contribution in [-0.4, -0.2) is 52.6 Å². The second-order valence-electron chi connectivity index (χ2n) is 6.02. The van der Waals surface area contributed by atoms with Crippen LogP contribution in [0.4, 0.5) is 10.1 Å². The summed E-state index contributed by atoms with van der Waals surface area (Å²) in [5.41, 5.74) is 1.22. The van der Waals surface area contributed by atoms with Gasteiger partial charge in [-0.05, 0) is 30.3 Å². The molecule has 0 amide bonds. The molecule has 25 heavy (non-hydrogen) atoms. The van der Waals surface area contributed by atoms with Crippen molar-refractivity contribution >= 4 is 15.7 Å². The van der Waals surface area contributed by atoms with Gasteiger partial charge in [0.25, 0.3) is 0 Å².